The number of benzene rings is 2. The number of nitrogens with zero attached hydrogens (tertiary/aromatic N) is 2. The van der Waals surface area contributed by atoms with Crippen LogP contribution in [0.1, 0.15) is 13.8 Å². The van der Waals surface area contributed by atoms with E-state index < -0.39 is 0 Å². The average molecular weight is 395 g/mol. The topological polar surface area (TPSA) is 93.8 Å². The van der Waals surface area contributed by atoms with Crippen LogP contribution in [0.15, 0.2) is 48.5 Å². The molecule has 3 N–H and O–H groups in total. The van der Waals surface area contributed by atoms with E-state index in [0.29, 0.717) is 37.6 Å². The van der Waals surface area contributed by atoms with Gasteiger partial charge in [-0.05, 0) is 42.5 Å². The molecule has 0 unspecified atom stereocenters. The first kappa shape index (κ1) is 20.2. The molecule has 1 aliphatic heterocycles. The number of hydrogen-bond acceptors (Lipinski definition) is 4. The molecule has 0 aromatic heterocycles. The van der Waals surface area contributed by atoms with Crippen LogP contribution in [-0.4, -0.2) is 48.9 Å². The fourth-order valence-corrected chi connectivity index (χ4v) is 3.19. The molecule has 1 heterocycles. The zero-order valence-electron chi connectivity index (χ0n) is 16.6. The number of rotatable bonds is 4. The van der Waals surface area contributed by atoms with Crippen LogP contribution in [0.4, 0.5) is 27.5 Å². The highest BCUT2D eigenvalue weighted by Gasteiger charge is 2.21. The molecule has 4 amide bonds. The molecule has 8 heteroatoms. The number of carbonyl (C=O) groups is 3. The molecule has 1 saturated heterocycles. The minimum atomic E-state index is -0.149. The van der Waals surface area contributed by atoms with Gasteiger partial charge < -0.3 is 25.8 Å². The van der Waals surface area contributed by atoms with Gasteiger partial charge in [-0.25, -0.2) is 4.79 Å². The highest BCUT2D eigenvalue weighted by Crippen LogP contribution is 2.21. The maximum Gasteiger partial charge on any atom is 0.321 e. The average Bonchev–Trinajstić information content (AvgIpc) is 2.69. The number of amides is 4. The van der Waals surface area contributed by atoms with Gasteiger partial charge in [0.15, 0.2) is 0 Å². The van der Waals surface area contributed by atoms with E-state index in [0.717, 1.165) is 11.4 Å². The third-order valence-electron chi connectivity index (χ3n) is 4.56. The van der Waals surface area contributed by atoms with E-state index in [2.05, 4.69) is 20.9 Å². The zero-order chi connectivity index (χ0) is 20.8. The SMILES string of the molecule is CC(=O)Nc1ccc(NC(=O)N2CCN(c3cccc(NC(C)=O)c3)CC2)cc1. The van der Waals surface area contributed by atoms with Crippen molar-refractivity contribution in [3.05, 3.63) is 48.5 Å². The first-order chi connectivity index (χ1) is 13.9. The molecule has 29 heavy (non-hydrogen) atoms. The maximum atomic E-state index is 12.5. The predicted molar refractivity (Wildman–Crippen MR) is 114 cm³/mol. The van der Waals surface area contributed by atoms with Gasteiger partial charge in [0.25, 0.3) is 0 Å². The first-order valence-electron chi connectivity index (χ1n) is 9.47. The number of hydrogen-bond donors (Lipinski definition) is 3. The summed E-state index contributed by atoms with van der Waals surface area (Å²) < 4.78 is 0. The molecule has 0 radical (unpaired) electrons. The summed E-state index contributed by atoms with van der Waals surface area (Å²) in [5.74, 6) is -0.240. The van der Waals surface area contributed by atoms with E-state index in [-0.39, 0.29) is 17.8 Å². The molecule has 2 aromatic rings. The van der Waals surface area contributed by atoms with E-state index in [1.807, 2.05) is 24.3 Å². The third kappa shape index (κ3) is 5.71. The third-order valence-corrected chi connectivity index (χ3v) is 4.56. The number of anilines is 4. The van der Waals surface area contributed by atoms with Crippen LogP contribution in [0.5, 0.6) is 0 Å². The lowest BCUT2D eigenvalue weighted by atomic mass is 10.2. The molecule has 2 aromatic carbocycles. The molecular formula is C21H25N5O3. The fraction of sp³-hybridized carbons (Fsp3) is 0.286. The second-order valence-electron chi connectivity index (χ2n) is 6.89. The Morgan fingerprint density at radius 1 is 0.724 bits per heavy atom. The normalized spacial score (nSPS) is 13.6. The van der Waals surface area contributed by atoms with Crippen LogP contribution in [0, 0.1) is 0 Å². The summed E-state index contributed by atoms with van der Waals surface area (Å²) >= 11 is 0. The van der Waals surface area contributed by atoms with Crippen LogP contribution in [0.25, 0.3) is 0 Å². The molecule has 1 fully saturated rings. The van der Waals surface area contributed by atoms with Crippen molar-refractivity contribution >= 4 is 40.6 Å². The summed E-state index contributed by atoms with van der Waals surface area (Å²) in [6.07, 6.45) is 0. The van der Waals surface area contributed by atoms with E-state index in [9.17, 15) is 14.4 Å². The highest BCUT2D eigenvalue weighted by molar-refractivity contribution is 5.91. The monoisotopic (exact) mass is 395 g/mol. The highest BCUT2D eigenvalue weighted by atomic mass is 16.2. The number of nitrogens with one attached hydrogen (secondary N) is 3. The lowest BCUT2D eigenvalue weighted by Crippen LogP contribution is -2.50. The molecule has 0 saturated carbocycles. The molecule has 0 bridgehead atoms. The Kier molecular flexibility index (Phi) is 6.33. The van der Waals surface area contributed by atoms with Crippen LogP contribution in [0.3, 0.4) is 0 Å². The molecule has 3 rings (SSSR count). The number of piperazine rings is 1. The summed E-state index contributed by atoms with van der Waals surface area (Å²) in [6.45, 7) is 5.54. The molecule has 8 nitrogen and oxygen atoms in total. The molecule has 1 aliphatic rings. The van der Waals surface area contributed by atoms with Gasteiger partial charge in [0.2, 0.25) is 11.8 Å². The van der Waals surface area contributed by atoms with E-state index >= 15 is 0 Å². The Hall–Kier alpha value is -3.55. The predicted octanol–water partition coefficient (Wildman–Crippen LogP) is 2.96. The van der Waals surface area contributed by atoms with Crippen molar-refractivity contribution in [1.82, 2.24) is 4.90 Å². The Balaban J connectivity index is 1.53. The van der Waals surface area contributed by atoms with Crippen molar-refractivity contribution in [3.8, 4) is 0 Å². The summed E-state index contributed by atoms with van der Waals surface area (Å²) in [5.41, 5.74) is 3.14. The lowest BCUT2D eigenvalue weighted by Gasteiger charge is -2.36. The van der Waals surface area contributed by atoms with Gasteiger partial charge >= 0.3 is 6.03 Å². The van der Waals surface area contributed by atoms with Gasteiger partial charge in [-0.3, -0.25) is 9.59 Å². The molecular weight excluding hydrogens is 370 g/mol. The number of urea groups is 1. The van der Waals surface area contributed by atoms with Crippen LogP contribution in [-0.2, 0) is 9.59 Å². The van der Waals surface area contributed by atoms with Crippen LogP contribution < -0.4 is 20.9 Å². The first-order valence-corrected chi connectivity index (χ1v) is 9.47. The van der Waals surface area contributed by atoms with Gasteiger partial charge in [-0.15, -0.1) is 0 Å². The second-order valence-corrected chi connectivity index (χ2v) is 6.89. The van der Waals surface area contributed by atoms with Gasteiger partial charge in [-0.2, -0.15) is 0 Å². The fourth-order valence-electron chi connectivity index (χ4n) is 3.19. The molecule has 0 spiro atoms. The van der Waals surface area contributed by atoms with Crippen molar-refractivity contribution in [3.63, 3.8) is 0 Å². The lowest BCUT2D eigenvalue weighted by molar-refractivity contribution is -0.115. The smallest absolute Gasteiger partial charge is 0.321 e. The van der Waals surface area contributed by atoms with Crippen molar-refractivity contribution in [2.24, 2.45) is 0 Å². The Bertz CT molecular complexity index is 889. The zero-order valence-corrected chi connectivity index (χ0v) is 16.6. The summed E-state index contributed by atoms with van der Waals surface area (Å²) in [6, 6.07) is 14.6. The van der Waals surface area contributed by atoms with Crippen molar-refractivity contribution in [2.75, 3.05) is 47.0 Å². The molecule has 152 valence electrons. The van der Waals surface area contributed by atoms with Gasteiger partial charge in [-0.1, -0.05) is 6.07 Å². The summed E-state index contributed by atoms with van der Waals surface area (Å²) in [7, 11) is 0. The van der Waals surface area contributed by atoms with Gasteiger partial charge in [0.05, 0.1) is 0 Å². The minimum absolute atomic E-state index is 0.103. The largest absolute Gasteiger partial charge is 0.368 e. The summed E-state index contributed by atoms with van der Waals surface area (Å²) in [5, 5.41) is 8.37. The van der Waals surface area contributed by atoms with Crippen molar-refractivity contribution < 1.29 is 14.4 Å². The maximum absolute atomic E-state index is 12.5. The van der Waals surface area contributed by atoms with Crippen LogP contribution >= 0.6 is 0 Å². The second kappa shape index (κ2) is 9.09. The van der Waals surface area contributed by atoms with Gasteiger partial charge in [0, 0.05) is 62.8 Å². The number of carbonyl (C=O) groups excluding carboxylic acids is 3. The van der Waals surface area contributed by atoms with Crippen molar-refractivity contribution in [2.45, 2.75) is 13.8 Å². The van der Waals surface area contributed by atoms with E-state index in [1.165, 1.54) is 13.8 Å². The minimum Gasteiger partial charge on any atom is -0.368 e. The Morgan fingerprint density at radius 2 is 1.28 bits per heavy atom. The van der Waals surface area contributed by atoms with E-state index in [4.69, 9.17) is 0 Å². The Labute approximate surface area is 169 Å². The molecule has 0 aliphatic carbocycles. The van der Waals surface area contributed by atoms with Crippen molar-refractivity contribution in [1.29, 1.82) is 0 Å². The van der Waals surface area contributed by atoms with Gasteiger partial charge in [0.1, 0.15) is 0 Å². The quantitative estimate of drug-likeness (QED) is 0.742. The Morgan fingerprint density at radius 3 is 1.86 bits per heavy atom. The van der Waals surface area contributed by atoms with E-state index in [1.54, 1.807) is 29.2 Å². The molecule has 0 atom stereocenters. The standard InChI is InChI=1S/C21H25N5O3/c1-15(27)22-17-6-8-18(9-7-17)24-21(29)26-12-10-25(11-13-26)20-5-3-4-19(14-20)23-16(2)28/h3-9,14H,10-13H2,1-2H3,(H,22,27)(H,23,28)(H,24,29). The summed E-state index contributed by atoms with van der Waals surface area (Å²) in [4.78, 5) is 38.8. The van der Waals surface area contributed by atoms with Crippen LogP contribution in [0.2, 0.25) is 0 Å².